The molecular weight excluding hydrogens is 330 g/mol. The van der Waals surface area contributed by atoms with E-state index < -0.39 is 11.7 Å². The summed E-state index contributed by atoms with van der Waals surface area (Å²) in [5.41, 5.74) is 0.355. The van der Waals surface area contributed by atoms with Crippen LogP contribution in [-0.2, 0) is 14.3 Å². The predicted molar refractivity (Wildman–Crippen MR) is 102 cm³/mol. The van der Waals surface area contributed by atoms with E-state index >= 15 is 0 Å². The summed E-state index contributed by atoms with van der Waals surface area (Å²) < 4.78 is 10.6. The molecule has 5 nitrogen and oxygen atoms in total. The second kappa shape index (κ2) is 8.21. The van der Waals surface area contributed by atoms with E-state index in [1.54, 1.807) is 0 Å². The van der Waals surface area contributed by atoms with Gasteiger partial charge in [-0.25, -0.2) is 4.79 Å². The fourth-order valence-electron chi connectivity index (χ4n) is 2.82. The Kier molecular flexibility index (Phi) is 6.24. The molecule has 0 saturated heterocycles. The Bertz CT molecular complexity index is 779. The highest BCUT2D eigenvalue weighted by Crippen LogP contribution is 2.25. The maximum absolute atomic E-state index is 12.3. The molecule has 1 amide bonds. The van der Waals surface area contributed by atoms with Crippen LogP contribution in [-0.4, -0.2) is 23.8 Å². The van der Waals surface area contributed by atoms with Gasteiger partial charge in [-0.05, 0) is 50.1 Å². The average molecular weight is 357 g/mol. The predicted octanol–water partition coefficient (Wildman–Crippen LogP) is 4.75. The first-order valence-corrected chi connectivity index (χ1v) is 8.79. The summed E-state index contributed by atoms with van der Waals surface area (Å²) in [7, 11) is 0. The van der Waals surface area contributed by atoms with Crippen LogP contribution in [0.15, 0.2) is 42.5 Å². The van der Waals surface area contributed by atoms with Crippen LogP contribution >= 0.6 is 0 Å². The minimum Gasteiger partial charge on any atom is -0.463 e. The molecule has 0 fully saturated rings. The Morgan fingerprint density at radius 3 is 2.35 bits per heavy atom. The van der Waals surface area contributed by atoms with Gasteiger partial charge in [-0.1, -0.05) is 36.4 Å². The lowest BCUT2D eigenvalue weighted by Gasteiger charge is -2.26. The minimum absolute atomic E-state index is 0.330. The maximum Gasteiger partial charge on any atom is 0.408 e. The van der Waals surface area contributed by atoms with Gasteiger partial charge in [-0.2, -0.15) is 0 Å². The summed E-state index contributed by atoms with van der Waals surface area (Å²) in [4.78, 5) is 23.5. The van der Waals surface area contributed by atoms with Crippen molar-refractivity contribution < 1.29 is 19.1 Å². The van der Waals surface area contributed by atoms with E-state index in [0.29, 0.717) is 6.42 Å². The molecule has 2 atom stereocenters. The van der Waals surface area contributed by atoms with Crippen molar-refractivity contribution in [3.63, 3.8) is 0 Å². The summed E-state index contributed by atoms with van der Waals surface area (Å²) in [6.45, 7) is 8.65. The molecule has 0 aliphatic heterocycles. The van der Waals surface area contributed by atoms with Crippen LogP contribution in [0.5, 0.6) is 0 Å². The number of nitrogens with one attached hydrogen (secondary N) is 1. The molecule has 5 heteroatoms. The van der Waals surface area contributed by atoms with Crippen molar-refractivity contribution in [2.45, 2.75) is 58.8 Å². The van der Waals surface area contributed by atoms with Crippen molar-refractivity contribution in [2.75, 3.05) is 0 Å². The van der Waals surface area contributed by atoms with Gasteiger partial charge in [0, 0.05) is 13.3 Å². The second-order valence-corrected chi connectivity index (χ2v) is 7.46. The Balaban J connectivity index is 2.25. The number of hydrogen-bond donors (Lipinski definition) is 1. The molecule has 0 spiro atoms. The van der Waals surface area contributed by atoms with Gasteiger partial charge in [-0.15, -0.1) is 0 Å². The minimum atomic E-state index is -0.584. The van der Waals surface area contributed by atoms with Gasteiger partial charge in [0.2, 0.25) is 0 Å². The standard InChI is InChI=1S/C21H27NO4/c1-14(25-15(2)23)12-19(22-20(24)26-21(3,4)5)18-11-10-16-8-6-7-9-17(16)13-18/h6-11,13-14,19H,12H2,1-5H3,(H,22,24)/t14-,19?/m1/s1. The molecule has 2 rings (SSSR count). The maximum atomic E-state index is 12.3. The molecular formula is C21H27NO4. The lowest BCUT2D eigenvalue weighted by atomic mass is 9.98. The second-order valence-electron chi connectivity index (χ2n) is 7.46. The van der Waals surface area contributed by atoms with E-state index in [-0.39, 0.29) is 18.1 Å². The zero-order valence-corrected chi connectivity index (χ0v) is 16.0. The van der Waals surface area contributed by atoms with Crippen molar-refractivity contribution in [1.82, 2.24) is 5.32 Å². The lowest BCUT2D eigenvalue weighted by molar-refractivity contribution is -0.145. The molecule has 26 heavy (non-hydrogen) atoms. The fourth-order valence-corrected chi connectivity index (χ4v) is 2.82. The molecule has 1 unspecified atom stereocenters. The monoisotopic (exact) mass is 357 g/mol. The van der Waals surface area contributed by atoms with E-state index in [9.17, 15) is 9.59 Å². The number of amides is 1. The first kappa shape index (κ1) is 19.8. The number of fused-ring (bicyclic) bond motifs is 1. The van der Waals surface area contributed by atoms with Crippen LogP contribution in [0.4, 0.5) is 4.79 Å². The Morgan fingerprint density at radius 1 is 1.08 bits per heavy atom. The summed E-state index contributed by atoms with van der Waals surface area (Å²) >= 11 is 0. The van der Waals surface area contributed by atoms with E-state index in [1.165, 1.54) is 6.92 Å². The number of alkyl carbamates (subject to hydrolysis) is 1. The third-order valence-corrected chi connectivity index (χ3v) is 3.80. The van der Waals surface area contributed by atoms with Crippen molar-refractivity contribution in [3.8, 4) is 0 Å². The molecule has 1 N–H and O–H groups in total. The fraction of sp³-hybridized carbons (Fsp3) is 0.429. The first-order chi connectivity index (χ1) is 12.1. The zero-order chi connectivity index (χ0) is 19.3. The van der Waals surface area contributed by atoms with Crippen molar-refractivity contribution in [3.05, 3.63) is 48.0 Å². The summed E-state index contributed by atoms with van der Waals surface area (Å²) in [5.74, 6) is -0.341. The summed E-state index contributed by atoms with van der Waals surface area (Å²) in [5, 5.41) is 5.12. The highest BCUT2D eigenvalue weighted by molar-refractivity contribution is 5.83. The van der Waals surface area contributed by atoms with Gasteiger partial charge >= 0.3 is 12.1 Å². The highest BCUT2D eigenvalue weighted by atomic mass is 16.6. The van der Waals surface area contributed by atoms with Gasteiger partial charge in [0.15, 0.2) is 0 Å². The third kappa shape index (κ3) is 6.06. The summed E-state index contributed by atoms with van der Waals surface area (Å²) in [6.07, 6.45) is -0.374. The van der Waals surface area contributed by atoms with Gasteiger partial charge in [-0.3, -0.25) is 4.79 Å². The molecule has 2 aromatic rings. The first-order valence-electron chi connectivity index (χ1n) is 8.79. The molecule has 0 bridgehead atoms. The molecule has 0 saturated carbocycles. The summed E-state index contributed by atoms with van der Waals surface area (Å²) in [6, 6.07) is 13.7. The molecule has 0 radical (unpaired) electrons. The van der Waals surface area contributed by atoms with Gasteiger partial charge < -0.3 is 14.8 Å². The van der Waals surface area contributed by atoms with Crippen molar-refractivity contribution in [2.24, 2.45) is 0 Å². The van der Waals surface area contributed by atoms with Crippen LogP contribution in [0.1, 0.15) is 52.6 Å². The number of benzene rings is 2. The molecule has 0 aromatic heterocycles. The normalized spacial score (nSPS) is 13.7. The Labute approximate surface area is 154 Å². The zero-order valence-electron chi connectivity index (χ0n) is 16.0. The molecule has 0 aliphatic rings. The molecule has 0 aliphatic carbocycles. The van der Waals surface area contributed by atoms with Gasteiger partial charge in [0.05, 0.1) is 6.04 Å². The topological polar surface area (TPSA) is 64.6 Å². The number of ether oxygens (including phenoxy) is 2. The van der Waals surface area contributed by atoms with Crippen LogP contribution < -0.4 is 5.32 Å². The van der Waals surface area contributed by atoms with Crippen molar-refractivity contribution in [1.29, 1.82) is 0 Å². The van der Waals surface area contributed by atoms with E-state index in [4.69, 9.17) is 9.47 Å². The average Bonchev–Trinajstić information content (AvgIpc) is 2.51. The van der Waals surface area contributed by atoms with E-state index in [2.05, 4.69) is 5.32 Å². The van der Waals surface area contributed by atoms with E-state index in [1.807, 2.05) is 70.2 Å². The number of esters is 1. The van der Waals surface area contributed by atoms with Crippen molar-refractivity contribution >= 4 is 22.8 Å². The highest BCUT2D eigenvalue weighted by Gasteiger charge is 2.23. The number of rotatable bonds is 5. The quantitative estimate of drug-likeness (QED) is 0.785. The number of carbonyl (C=O) groups excluding carboxylic acids is 2. The smallest absolute Gasteiger partial charge is 0.408 e. The van der Waals surface area contributed by atoms with Gasteiger partial charge in [0.25, 0.3) is 0 Å². The number of hydrogen-bond acceptors (Lipinski definition) is 4. The molecule has 140 valence electrons. The lowest BCUT2D eigenvalue weighted by Crippen LogP contribution is -2.36. The van der Waals surface area contributed by atoms with Crippen LogP contribution in [0, 0.1) is 0 Å². The van der Waals surface area contributed by atoms with Crippen LogP contribution in [0.25, 0.3) is 10.8 Å². The number of carbonyl (C=O) groups is 2. The largest absolute Gasteiger partial charge is 0.463 e. The Hall–Kier alpha value is -2.56. The van der Waals surface area contributed by atoms with E-state index in [0.717, 1.165) is 16.3 Å². The molecule has 2 aromatic carbocycles. The van der Waals surface area contributed by atoms with Gasteiger partial charge in [0.1, 0.15) is 11.7 Å². The Morgan fingerprint density at radius 2 is 1.73 bits per heavy atom. The third-order valence-electron chi connectivity index (χ3n) is 3.80. The SMILES string of the molecule is CC(=O)O[C@H](C)CC(NC(=O)OC(C)(C)C)c1ccc2ccccc2c1. The molecule has 0 heterocycles. The van der Waals surface area contributed by atoms with Crippen LogP contribution in [0.3, 0.4) is 0 Å². The van der Waals surface area contributed by atoms with Crippen LogP contribution in [0.2, 0.25) is 0 Å².